The van der Waals surface area contributed by atoms with Gasteiger partial charge in [0.15, 0.2) is 0 Å². The zero-order valence-electron chi connectivity index (χ0n) is 31.9. The van der Waals surface area contributed by atoms with Crippen LogP contribution in [-0.4, -0.2) is 4.57 Å². The van der Waals surface area contributed by atoms with Crippen molar-refractivity contribution in [1.82, 2.24) is 4.57 Å². The fraction of sp³-hybridized carbons (Fsp3) is 0.132. The molecule has 1 aliphatic carbocycles. The number of anilines is 3. The van der Waals surface area contributed by atoms with Gasteiger partial charge in [0.25, 0.3) is 0 Å². The summed E-state index contributed by atoms with van der Waals surface area (Å²) in [5.74, 6) is 0. The Bertz CT molecular complexity index is 2960. The van der Waals surface area contributed by atoms with Gasteiger partial charge in [0, 0.05) is 38.9 Å². The molecule has 1 aromatic heterocycles. The van der Waals surface area contributed by atoms with E-state index in [0.717, 1.165) is 23.5 Å². The highest BCUT2D eigenvalue weighted by Gasteiger charge is 2.27. The molecular weight excluding hydrogens is 665 g/mol. The fourth-order valence-electron chi connectivity index (χ4n) is 8.99. The first kappa shape index (κ1) is 33.2. The van der Waals surface area contributed by atoms with Crippen LogP contribution in [0.4, 0.5) is 17.1 Å². The molecule has 0 fully saturated rings. The lowest BCUT2D eigenvalue weighted by Gasteiger charge is -2.30. The van der Waals surface area contributed by atoms with E-state index in [1.807, 2.05) is 0 Å². The number of fused-ring (bicyclic) bond motifs is 9. The Morgan fingerprint density at radius 2 is 1.00 bits per heavy atom. The number of benzene rings is 8. The van der Waals surface area contributed by atoms with Crippen molar-refractivity contribution in [2.75, 3.05) is 4.90 Å². The minimum absolute atomic E-state index is 0.0572. The lowest BCUT2D eigenvalue weighted by atomic mass is 9.76. The van der Waals surface area contributed by atoms with Gasteiger partial charge in [0.2, 0.25) is 0 Å². The molecular formula is C53H44N2. The Labute approximate surface area is 323 Å². The van der Waals surface area contributed by atoms with Crippen molar-refractivity contribution in [2.24, 2.45) is 0 Å². The van der Waals surface area contributed by atoms with Crippen LogP contribution in [0.25, 0.3) is 59.8 Å². The number of nitrogens with zero attached hydrogens (tertiary/aromatic N) is 2. The summed E-state index contributed by atoms with van der Waals surface area (Å²) < 4.78 is 2.48. The molecule has 2 nitrogen and oxygen atoms in total. The summed E-state index contributed by atoms with van der Waals surface area (Å²) in [6.07, 6.45) is 8.10. The first-order chi connectivity index (χ1) is 26.8. The second-order valence-electron chi connectivity index (χ2n) is 16.5. The zero-order chi connectivity index (χ0) is 37.3. The number of aromatic nitrogens is 1. The fourth-order valence-corrected chi connectivity index (χ4v) is 8.99. The van der Waals surface area contributed by atoms with Gasteiger partial charge in [-0.25, -0.2) is 0 Å². The van der Waals surface area contributed by atoms with E-state index in [-0.39, 0.29) is 10.8 Å². The van der Waals surface area contributed by atoms with Crippen molar-refractivity contribution in [1.29, 1.82) is 0 Å². The molecule has 1 atom stereocenters. The second-order valence-corrected chi connectivity index (χ2v) is 16.5. The summed E-state index contributed by atoms with van der Waals surface area (Å²) in [6.45, 7) is 9.20. The molecule has 0 spiro atoms. The highest BCUT2D eigenvalue weighted by atomic mass is 15.1. The predicted molar refractivity (Wildman–Crippen MR) is 237 cm³/mol. The monoisotopic (exact) mass is 708 g/mol. The van der Waals surface area contributed by atoms with E-state index in [4.69, 9.17) is 0 Å². The summed E-state index contributed by atoms with van der Waals surface area (Å²) in [7, 11) is 0. The summed E-state index contributed by atoms with van der Waals surface area (Å²) >= 11 is 0. The molecule has 1 heterocycles. The second kappa shape index (κ2) is 12.6. The van der Waals surface area contributed by atoms with Crippen LogP contribution in [0.15, 0.2) is 182 Å². The normalized spacial score (nSPS) is 16.0. The van der Waals surface area contributed by atoms with Crippen molar-refractivity contribution >= 4 is 76.9 Å². The zero-order valence-corrected chi connectivity index (χ0v) is 31.9. The summed E-state index contributed by atoms with van der Waals surface area (Å²) in [4.78, 5) is 2.44. The van der Waals surface area contributed by atoms with E-state index in [2.05, 4.69) is 219 Å². The number of para-hydroxylation sites is 1. The smallest absolute Gasteiger partial charge is 0.0561 e. The van der Waals surface area contributed by atoms with Crippen LogP contribution >= 0.6 is 0 Å². The van der Waals surface area contributed by atoms with Gasteiger partial charge >= 0.3 is 0 Å². The number of hydrogen-bond donors (Lipinski definition) is 0. The van der Waals surface area contributed by atoms with Gasteiger partial charge in [-0.2, -0.15) is 0 Å². The topological polar surface area (TPSA) is 8.17 Å². The Morgan fingerprint density at radius 3 is 1.65 bits per heavy atom. The molecule has 0 saturated carbocycles. The van der Waals surface area contributed by atoms with Gasteiger partial charge in [-0.05, 0) is 110 Å². The van der Waals surface area contributed by atoms with Gasteiger partial charge in [-0.1, -0.05) is 155 Å². The van der Waals surface area contributed by atoms with Crippen molar-refractivity contribution in [3.8, 4) is 0 Å². The van der Waals surface area contributed by atoms with E-state index in [0.29, 0.717) is 0 Å². The van der Waals surface area contributed by atoms with E-state index in [9.17, 15) is 0 Å². The molecule has 9 aromatic rings. The average molecular weight is 709 g/mol. The van der Waals surface area contributed by atoms with Crippen LogP contribution < -0.4 is 4.90 Å². The molecule has 0 bridgehead atoms. The maximum Gasteiger partial charge on any atom is 0.0561 e. The van der Waals surface area contributed by atoms with E-state index in [1.54, 1.807) is 0 Å². The largest absolute Gasteiger partial charge is 0.310 e. The summed E-state index contributed by atoms with van der Waals surface area (Å²) in [5, 5.41) is 10.2. The highest BCUT2D eigenvalue weighted by Crippen LogP contribution is 2.44. The quantitative estimate of drug-likeness (QED) is 0.162. The number of hydrogen-bond acceptors (Lipinski definition) is 1. The SMILES string of the molecule is CC(C)(C)c1ccc(N(c2ccc3c4ccccc4c4ccccc4c3c2)c2ccc3c4ccccc4n(C4=CC(C)(c5ccccc5)CC=C4)c3c2)cc1. The van der Waals surface area contributed by atoms with E-state index in [1.165, 1.54) is 70.9 Å². The highest BCUT2D eigenvalue weighted by molar-refractivity contribution is 6.26. The van der Waals surface area contributed by atoms with Gasteiger partial charge in [0.1, 0.15) is 0 Å². The summed E-state index contributed by atoms with van der Waals surface area (Å²) in [5.41, 5.74) is 9.59. The molecule has 55 heavy (non-hydrogen) atoms. The lowest BCUT2D eigenvalue weighted by molar-refractivity contribution is 0.590. The molecule has 8 aromatic carbocycles. The van der Waals surface area contributed by atoms with Crippen LogP contribution in [0.2, 0.25) is 0 Å². The van der Waals surface area contributed by atoms with E-state index < -0.39 is 0 Å². The minimum atomic E-state index is -0.112. The van der Waals surface area contributed by atoms with Crippen LogP contribution in [0.5, 0.6) is 0 Å². The Morgan fingerprint density at radius 1 is 0.491 bits per heavy atom. The third-order valence-corrected chi connectivity index (χ3v) is 11.9. The molecule has 10 rings (SSSR count). The molecule has 1 unspecified atom stereocenters. The molecule has 2 heteroatoms. The molecule has 0 N–H and O–H groups in total. The number of allylic oxidation sites excluding steroid dienone is 4. The van der Waals surface area contributed by atoms with Crippen LogP contribution in [0.3, 0.4) is 0 Å². The number of rotatable bonds is 5. The third kappa shape index (κ3) is 5.47. The third-order valence-electron chi connectivity index (χ3n) is 11.9. The minimum Gasteiger partial charge on any atom is -0.310 e. The lowest BCUT2D eigenvalue weighted by Crippen LogP contribution is -2.21. The molecule has 0 saturated heterocycles. The standard InChI is InChI=1S/C53H44N2/c1-52(2,3)36-24-26-38(27-25-36)54(39-28-30-46-44-20-9-8-18-42(44)43-19-10-11-21-45(43)49(46)33-39)40-29-31-48-47-22-12-13-23-50(47)55(51(48)34-40)41-17-14-32-53(4,35-41)37-15-6-5-7-16-37/h5-31,33-35H,32H2,1-4H3. The molecule has 0 aliphatic heterocycles. The summed E-state index contributed by atoms with van der Waals surface area (Å²) in [6, 6.07) is 60.7. The van der Waals surface area contributed by atoms with Crippen molar-refractivity contribution in [2.45, 2.75) is 44.9 Å². The van der Waals surface area contributed by atoms with Gasteiger partial charge in [-0.15, -0.1) is 0 Å². The van der Waals surface area contributed by atoms with Crippen molar-refractivity contribution in [3.63, 3.8) is 0 Å². The molecule has 266 valence electrons. The maximum absolute atomic E-state index is 2.48. The Hall–Kier alpha value is -6.38. The van der Waals surface area contributed by atoms with Crippen molar-refractivity contribution in [3.05, 3.63) is 193 Å². The van der Waals surface area contributed by atoms with Crippen LogP contribution in [0, 0.1) is 0 Å². The van der Waals surface area contributed by atoms with Gasteiger partial charge in [-0.3, -0.25) is 0 Å². The molecule has 1 aliphatic rings. The molecule has 0 amide bonds. The van der Waals surface area contributed by atoms with Crippen LogP contribution in [0.1, 0.15) is 45.2 Å². The van der Waals surface area contributed by atoms with Crippen LogP contribution in [-0.2, 0) is 10.8 Å². The Balaban J connectivity index is 1.22. The van der Waals surface area contributed by atoms with Crippen molar-refractivity contribution < 1.29 is 0 Å². The maximum atomic E-state index is 2.48. The average Bonchev–Trinajstić information content (AvgIpc) is 3.55. The first-order valence-electron chi connectivity index (χ1n) is 19.5. The van der Waals surface area contributed by atoms with E-state index >= 15 is 0 Å². The van der Waals surface area contributed by atoms with Gasteiger partial charge in [0.05, 0.1) is 11.0 Å². The molecule has 0 radical (unpaired) electrons. The predicted octanol–water partition coefficient (Wildman–Crippen LogP) is 14.8. The first-order valence-corrected chi connectivity index (χ1v) is 19.5. The Kier molecular flexibility index (Phi) is 7.61. The van der Waals surface area contributed by atoms with Gasteiger partial charge < -0.3 is 9.47 Å².